The Bertz CT molecular complexity index is 1590. The van der Waals surface area contributed by atoms with Gasteiger partial charge in [-0.15, -0.1) is 0 Å². The molecule has 0 spiro atoms. The average molecular weight is 673 g/mol. The smallest absolute Gasteiger partial charge is 0.421 e. The van der Waals surface area contributed by atoms with Crippen molar-refractivity contribution in [2.45, 2.75) is 85.6 Å². The molecule has 14 nitrogen and oxygen atoms in total. The molecule has 2 N–H and O–H groups in total. The second-order valence-corrected chi connectivity index (χ2v) is 13.0. The number of benzene rings is 1. The minimum absolute atomic E-state index is 0.171. The molecule has 2 heterocycles. The third-order valence-electron chi connectivity index (χ3n) is 7.56. The van der Waals surface area contributed by atoms with Gasteiger partial charge in [0.15, 0.2) is 5.82 Å². The average Bonchev–Trinajstić information content (AvgIpc) is 3.82. The maximum absolute atomic E-state index is 13.7. The molecule has 3 aromatic rings. The van der Waals surface area contributed by atoms with Crippen LogP contribution in [0.2, 0.25) is 0 Å². The highest BCUT2D eigenvalue weighted by atomic mass is 31.2. The summed E-state index contributed by atoms with van der Waals surface area (Å²) in [6, 6.07) is 4.70. The molecule has 1 aliphatic rings. The fourth-order valence-electron chi connectivity index (χ4n) is 4.67. The van der Waals surface area contributed by atoms with Gasteiger partial charge in [0.2, 0.25) is 6.79 Å². The van der Waals surface area contributed by atoms with E-state index in [2.05, 4.69) is 20.7 Å². The second-order valence-electron chi connectivity index (χ2n) is 11.4. The molecule has 47 heavy (non-hydrogen) atoms. The summed E-state index contributed by atoms with van der Waals surface area (Å²) < 4.78 is 35.9. The minimum Gasteiger partial charge on any atom is -0.421 e. The Hall–Kier alpha value is -3.84. The van der Waals surface area contributed by atoms with Gasteiger partial charge in [-0.2, -0.15) is 5.10 Å². The fraction of sp³-hybridized carbons (Fsp3) is 0.531. The predicted octanol–water partition coefficient (Wildman–Crippen LogP) is 6.69. The van der Waals surface area contributed by atoms with Crippen molar-refractivity contribution in [1.82, 2.24) is 24.8 Å². The van der Waals surface area contributed by atoms with Crippen LogP contribution in [0.4, 0.5) is 16.3 Å². The summed E-state index contributed by atoms with van der Waals surface area (Å²) in [6.07, 6.45) is 7.17. The first-order chi connectivity index (χ1) is 22.6. The van der Waals surface area contributed by atoms with Gasteiger partial charge < -0.3 is 15.4 Å². The predicted molar refractivity (Wildman–Crippen MR) is 176 cm³/mol. The van der Waals surface area contributed by atoms with E-state index >= 15 is 0 Å². The standard InChI is InChI=1S/C32H45N6O8P/c1-6-9-16-44-47(42,45-17-10-7-2)46-21-43-32(41)38(25-13-14-25)31(40)24-12-11-22(4)27(18-24)36-29-28-23(5)26(30(39)33-15-8-3)19-37(28)35-20-34-29/h11-12,18-20,25H,6-10,13-17,21H2,1-5H3,(H,33,39)(H,34,35,36). The largest absolute Gasteiger partial charge is 0.477 e. The Morgan fingerprint density at radius 3 is 2.36 bits per heavy atom. The summed E-state index contributed by atoms with van der Waals surface area (Å²) in [6.45, 7) is 9.81. The first-order valence-electron chi connectivity index (χ1n) is 16.1. The number of ether oxygens (including phenoxy) is 1. The van der Waals surface area contributed by atoms with Crippen LogP contribution in [0.15, 0.2) is 30.7 Å². The van der Waals surface area contributed by atoms with E-state index in [-0.39, 0.29) is 30.7 Å². The van der Waals surface area contributed by atoms with Gasteiger partial charge in [-0.3, -0.25) is 18.6 Å². The van der Waals surface area contributed by atoms with Crippen LogP contribution in [0.25, 0.3) is 5.52 Å². The van der Waals surface area contributed by atoms with Gasteiger partial charge in [0.05, 0.1) is 18.8 Å². The van der Waals surface area contributed by atoms with E-state index < -0.39 is 26.6 Å². The Balaban J connectivity index is 1.49. The Morgan fingerprint density at radius 2 is 1.72 bits per heavy atom. The topological polar surface area (TPSA) is 163 Å². The molecule has 0 radical (unpaired) electrons. The van der Waals surface area contributed by atoms with Crippen molar-refractivity contribution in [3.63, 3.8) is 0 Å². The zero-order valence-corrected chi connectivity index (χ0v) is 28.6. The van der Waals surface area contributed by atoms with Crippen molar-refractivity contribution in [2.24, 2.45) is 0 Å². The molecule has 1 saturated carbocycles. The monoisotopic (exact) mass is 672 g/mol. The van der Waals surface area contributed by atoms with Crippen LogP contribution < -0.4 is 10.6 Å². The van der Waals surface area contributed by atoms with Crippen molar-refractivity contribution in [1.29, 1.82) is 0 Å². The number of imide groups is 1. The van der Waals surface area contributed by atoms with Crippen molar-refractivity contribution in [3.05, 3.63) is 53.0 Å². The Labute approximate surface area is 275 Å². The van der Waals surface area contributed by atoms with Crippen LogP contribution in [-0.2, 0) is 22.9 Å². The maximum Gasteiger partial charge on any atom is 0.477 e. The van der Waals surface area contributed by atoms with Crippen LogP contribution in [0.5, 0.6) is 0 Å². The van der Waals surface area contributed by atoms with E-state index in [9.17, 15) is 18.9 Å². The van der Waals surface area contributed by atoms with Crippen LogP contribution in [0.3, 0.4) is 0 Å². The number of anilines is 2. The zero-order chi connectivity index (χ0) is 34.0. The first-order valence-corrected chi connectivity index (χ1v) is 17.6. The summed E-state index contributed by atoms with van der Waals surface area (Å²) in [4.78, 5) is 45.1. The zero-order valence-electron chi connectivity index (χ0n) is 27.7. The van der Waals surface area contributed by atoms with Gasteiger partial charge in [-0.25, -0.2) is 28.3 Å². The van der Waals surface area contributed by atoms with E-state index in [0.29, 0.717) is 60.4 Å². The molecule has 4 rings (SSSR count). The fourth-order valence-corrected chi connectivity index (χ4v) is 5.78. The van der Waals surface area contributed by atoms with Crippen LogP contribution >= 0.6 is 7.82 Å². The van der Waals surface area contributed by atoms with E-state index in [1.807, 2.05) is 34.6 Å². The Kier molecular flexibility index (Phi) is 12.9. The maximum atomic E-state index is 13.7. The molecular formula is C32H45N6O8P. The third-order valence-corrected chi connectivity index (χ3v) is 8.98. The van der Waals surface area contributed by atoms with Gasteiger partial charge in [0.1, 0.15) is 11.8 Å². The molecule has 15 heteroatoms. The number of phosphoric ester groups is 1. The molecule has 1 aliphatic carbocycles. The number of nitrogens with zero attached hydrogens (tertiary/aromatic N) is 4. The van der Waals surface area contributed by atoms with Gasteiger partial charge >= 0.3 is 13.9 Å². The summed E-state index contributed by atoms with van der Waals surface area (Å²) in [5.41, 5.74) is 3.45. The SMILES string of the molecule is CCCCOP(=O)(OCCCC)OCOC(=O)N(C(=O)c1ccc(C)c(Nc2ncnn3cc(C(=O)NCCC)c(C)c23)c1)C1CC1. The molecule has 3 amide bonds. The summed E-state index contributed by atoms with van der Waals surface area (Å²) >= 11 is 0. The number of hydrogen-bond acceptors (Lipinski definition) is 11. The number of nitrogens with one attached hydrogen (secondary N) is 2. The molecule has 0 atom stereocenters. The Morgan fingerprint density at radius 1 is 1.02 bits per heavy atom. The molecule has 256 valence electrons. The number of aromatic nitrogens is 3. The molecule has 0 bridgehead atoms. The number of fused-ring (bicyclic) bond motifs is 1. The number of unbranched alkanes of at least 4 members (excludes halogenated alkanes) is 2. The molecule has 0 aliphatic heterocycles. The van der Waals surface area contributed by atoms with Gasteiger partial charge in [0, 0.05) is 30.0 Å². The molecule has 1 aromatic carbocycles. The number of aryl methyl sites for hydroxylation is 2. The van der Waals surface area contributed by atoms with Gasteiger partial charge in [-0.05, 0) is 69.2 Å². The summed E-state index contributed by atoms with van der Waals surface area (Å²) in [5.74, 6) is -0.302. The number of phosphoric acid groups is 1. The van der Waals surface area contributed by atoms with E-state index in [0.717, 1.165) is 29.7 Å². The summed E-state index contributed by atoms with van der Waals surface area (Å²) in [5, 5.41) is 10.4. The second kappa shape index (κ2) is 16.8. The lowest BCUT2D eigenvalue weighted by Gasteiger charge is -2.22. The molecule has 2 aromatic heterocycles. The lowest BCUT2D eigenvalue weighted by atomic mass is 10.1. The van der Waals surface area contributed by atoms with Crippen molar-refractivity contribution >= 4 is 42.8 Å². The van der Waals surface area contributed by atoms with Gasteiger partial charge in [0.25, 0.3) is 11.8 Å². The molecular weight excluding hydrogens is 627 g/mol. The van der Waals surface area contributed by atoms with Crippen molar-refractivity contribution in [2.75, 3.05) is 31.9 Å². The number of rotatable bonds is 18. The van der Waals surface area contributed by atoms with Crippen LogP contribution in [-0.4, -0.2) is 70.0 Å². The molecule has 1 fully saturated rings. The lowest BCUT2D eigenvalue weighted by Crippen LogP contribution is -2.39. The summed E-state index contributed by atoms with van der Waals surface area (Å²) in [7, 11) is -3.95. The highest BCUT2D eigenvalue weighted by Crippen LogP contribution is 2.49. The third kappa shape index (κ3) is 9.38. The number of amides is 3. The van der Waals surface area contributed by atoms with Crippen LogP contribution in [0.1, 0.15) is 97.6 Å². The van der Waals surface area contributed by atoms with E-state index in [1.54, 1.807) is 28.9 Å². The lowest BCUT2D eigenvalue weighted by molar-refractivity contribution is 0.00657. The highest BCUT2D eigenvalue weighted by molar-refractivity contribution is 7.48. The van der Waals surface area contributed by atoms with Crippen molar-refractivity contribution in [3.8, 4) is 0 Å². The van der Waals surface area contributed by atoms with Gasteiger partial charge in [-0.1, -0.05) is 39.7 Å². The number of carbonyl (C=O) groups is 3. The quantitative estimate of drug-likeness (QED) is 0.0841. The van der Waals surface area contributed by atoms with Crippen LogP contribution in [0, 0.1) is 13.8 Å². The highest BCUT2D eigenvalue weighted by Gasteiger charge is 2.39. The van der Waals surface area contributed by atoms with E-state index in [1.165, 1.54) is 6.33 Å². The first kappa shape index (κ1) is 36.0. The van der Waals surface area contributed by atoms with E-state index in [4.69, 9.17) is 18.3 Å². The van der Waals surface area contributed by atoms with Crippen molar-refractivity contribution < 1.29 is 37.3 Å². The number of hydrogen-bond donors (Lipinski definition) is 2. The normalized spacial score (nSPS) is 13.0. The molecule has 0 unspecified atom stereocenters. The molecule has 0 saturated heterocycles. The number of carbonyl (C=O) groups excluding carboxylic acids is 3. The minimum atomic E-state index is -3.95.